The van der Waals surface area contributed by atoms with Crippen LogP contribution in [0.25, 0.3) is 20.8 Å². The molecule has 0 amide bonds. The lowest BCUT2D eigenvalue weighted by Gasteiger charge is -2.05. The molecule has 0 saturated carbocycles. The lowest BCUT2D eigenvalue weighted by Crippen LogP contribution is -2.19. The maximum atomic E-state index is 12.4. The highest BCUT2D eigenvalue weighted by Crippen LogP contribution is 2.28. The standard InChI is InChI=1S/C19H17N3OS3/c1-3-12-4-6-13(7-5-12)16-20-14(10-25-16)11-26-19-21-17-15(8-9-24-17)18(23)22(19)2/h4-10H,3,11H2,1-2H3. The van der Waals surface area contributed by atoms with E-state index in [1.54, 1.807) is 34.7 Å². The molecule has 26 heavy (non-hydrogen) atoms. The minimum Gasteiger partial charge on any atom is -0.290 e. The smallest absolute Gasteiger partial charge is 0.262 e. The zero-order chi connectivity index (χ0) is 18.1. The summed E-state index contributed by atoms with van der Waals surface area (Å²) in [7, 11) is 1.77. The van der Waals surface area contributed by atoms with E-state index >= 15 is 0 Å². The molecule has 4 nitrogen and oxygen atoms in total. The maximum Gasteiger partial charge on any atom is 0.262 e. The van der Waals surface area contributed by atoms with Gasteiger partial charge in [-0.25, -0.2) is 9.97 Å². The summed E-state index contributed by atoms with van der Waals surface area (Å²) in [5.74, 6) is 0.695. The van der Waals surface area contributed by atoms with Crippen molar-refractivity contribution in [2.24, 2.45) is 7.05 Å². The normalized spacial score (nSPS) is 11.3. The number of rotatable bonds is 5. The summed E-state index contributed by atoms with van der Waals surface area (Å²) >= 11 is 4.70. The Bertz CT molecular complexity index is 1110. The van der Waals surface area contributed by atoms with E-state index in [2.05, 4.69) is 41.6 Å². The topological polar surface area (TPSA) is 47.8 Å². The van der Waals surface area contributed by atoms with Crippen LogP contribution in [0.15, 0.2) is 51.0 Å². The van der Waals surface area contributed by atoms with Crippen LogP contribution < -0.4 is 5.56 Å². The summed E-state index contributed by atoms with van der Waals surface area (Å²) in [5, 5.41) is 6.43. The minimum absolute atomic E-state index is 0.00808. The molecular formula is C19H17N3OS3. The monoisotopic (exact) mass is 399 g/mol. The number of hydrogen-bond acceptors (Lipinski definition) is 6. The highest BCUT2D eigenvalue weighted by atomic mass is 32.2. The van der Waals surface area contributed by atoms with E-state index in [1.807, 2.05) is 11.4 Å². The molecule has 7 heteroatoms. The van der Waals surface area contributed by atoms with E-state index in [4.69, 9.17) is 4.98 Å². The first-order valence-corrected chi connectivity index (χ1v) is 11.0. The van der Waals surface area contributed by atoms with E-state index in [0.717, 1.165) is 32.7 Å². The molecule has 0 N–H and O–H groups in total. The van der Waals surface area contributed by atoms with Crippen molar-refractivity contribution >= 4 is 44.7 Å². The van der Waals surface area contributed by atoms with E-state index in [0.29, 0.717) is 11.1 Å². The number of nitrogens with zero attached hydrogens (tertiary/aromatic N) is 3. The SMILES string of the molecule is CCc1ccc(-c2nc(CSc3nc4sccc4c(=O)n3C)cs2)cc1. The summed E-state index contributed by atoms with van der Waals surface area (Å²) in [6, 6.07) is 10.4. The van der Waals surface area contributed by atoms with Crippen molar-refractivity contribution in [2.75, 3.05) is 0 Å². The Morgan fingerprint density at radius 3 is 2.69 bits per heavy atom. The molecule has 0 bridgehead atoms. The number of thiazole rings is 1. The first-order chi connectivity index (χ1) is 12.7. The van der Waals surface area contributed by atoms with E-state index in [9.17, 15) is 4.79 Å². The minimum atomic E-state index is 0.00808. The molecule has 0 fully saturated rings. The summed E-state index contributed by atoms with van der Waals surface area (Å²) in [6.45, 7) is 2.16. The lowest BCUT2D eigenvalue weighted by atomic mass is 10.1. The molecule has 132 valence electrons. The second-order valence-corrected chi connectivity index (χ2v) is 8.58. The number of thiophene rings is 1. The van der Waals surface area contributed by atoms with E-state index < -0.39 is 0 Å². The van der Waals surface area contributed by atoms with Gasteiger partial charge >= 0.3 is 0 Å². The summed E-state index contributed by atoms with van der Waals surface area (Å²) in [4.78, 5) is 22.5. The summed E-state index contributed by atoms with van der Waals surface area (Å²) in [6.07, 6.45) is 1.04. The van der Waals surface area contributed by atoms with Gasteiger partial charge in [0.25, 0.3) is 5.56 Å². The molecule has 0 aliphatic heterocycles. The Balaban J connectivity index is 1.53. The first kappa shape index (κ1) is 17.5. The van der Waals surface area contributed by atoms with Crippen molar-refractivity contribution in [2.45, 2.75) is 24.3 Å². The Kier molecular flexibility index (Phi) is 4.93. The molecule has 3 aromatic heterocycles. The van der Waals surface area contributed by atoms with Gasteiger partial charge in [-0.1, -0.05) is 43.0 Å². The van der Waals surface area contributed by atoms with Crippen LogP contribution in [0.4, 0.5) is 0 Å². The van der Waals surface area contributed by atoms with Gasteiger partial charge < -0.3 is 0 Å². The largest absolute Gasteiger partial charge is 0.290 e. The fourth-order valence-electron chi connectivity index (χ4n) is 2.64. The molecule has 0 saturated heterocycles. The molecule has 4 aromatic rings. The number of aromatic nitrogens is 3. The molecule has 0 atom stereocenters. The lowest BCUT2D eigenvalue weighted by molar-refractivity contribution is 0.728. The highest BCUT2D eigenvalue weighted by molar-refractivity contribution is 7.98. The average molecular weight is 400 g/mol. The van der Waals surface area contributed by atoms with Gasteiger partial charge in [-0.05, 0) is 23.4 Å². The van der Waals surface area contributed by atoms with Crippen LogP contribution in [-0.4, -0.2) is 14.5 Å². The van der Waals surface area contributed by atoms with Crippen LogP contribution in [0.3, 0.4) is 0 Å². The highest BCUT2D eigenvalue weighted by Gasteiger charge is 2.11. The number of benzene rings is 1. The number of hydrogen-bond donors (Lipinski definition) is 0. The number of aryl methyl sites for hydroxylation is 1. The Hall–Kier alpha value is -1.96. The fraction of sp³-hybridized carbons (Fsp3) is 0.211. The quantitative estimate of drug-likeness (QED) is 0.351. The van der Waals surface area contributed by atoms with Crippen molar-refractivity contribution in [3.63, 3.8) is 0 Å². The van der Waals surface area contributed by atoms with Crippen LogP contribution in [0.2, 0.25) is 0 Å². The molecule has 4 rings (SSSR count). The van der Waals surface area contributed by atoms with Crippen LogP contribution in [0, 0.1) is 0 Å². The average Bonchev–Trinajstić information content (AvgIpc) is 3.33. The van der Waals surface area contributed by atoms with Gasteiger partial charge in [0.2, 0.25) is 0 Å². The third-order valence-corrected chi connectivity index (χ3v) is 6.98. The molecule has 0 aliphatic carbocycles. The van der Waals surface area contributed by atoms with Crippen LogP contribution >= 0.6 is 34.4 Å². The predicted molar refractivity (Wildman–Crippen MR) is 111 cm³/mol. The Labute approximate surface area is 163 Å². The second kappa shape index (κ2) is 7.34. The van der Waals surface area contributed by atoms with Crippen LogP contribution in [-0.2, 0) is 19.2 Å². The molecular weight excluding hydrogens is 382 g/mol. The van der Waals surface area contributed by atoms with Gasteiger partial charge in [0.15, 0.2) is 5.16 Å². The fourth-order valence-corrected chi connectivity index (χ4v) is 5.24. The Morgan fingerprint density at radius 2 is 1.92 bits per heavy atom. The first-order valence-electron chi connectivity index (χ1n) is 8.26. The molecule has 0 spiro atoms. The third kappa shape index (κ3) is 3.34. The van der Waals surface area contributed by atoms with Gasteiger partial charge in [-0.2, -0.15) is 0 Å². The zero-order valence-electron chi connectivity index (χ0n) is 14.4. The predicted octanol–water partition coefficient (Wildman–Crippen LogP) is 4.97. The van der Waals surface area contributed by atoms with Crippen molar-refractivity contribution in [3.05, 3.63) is 62.7 Å². The zero-order valence-corrected chi connectivity index (χ0v) is 16.9. The number of thioether (sulfide) groups is 1. The second-order valence-electron chi connectivity index (χ2n) is 5.88. The van der Waals surface area contributed by atoms with Crippen molar-refractivity contribution in [1.82, 2.24) is 14.5 Å². The van der Waals surface area contributed by atoms with Gasteiger partial charge in [-0.15, -0.1) is 22.7 Å². The molecule has 0 radical (unpaired) electrons. The van der Waals surface area contributed by atoms with E-state index in [-0.39, 0.29) is 5.56 Å². The summed E-state index contributed by atoms with van der Waals surface area (Å²) in [5.41, 5.74) is 3.50. The molecule has 0 aliphatic rings. The summed E-state index contributed by atoms with van der Waals surface area (Å²) < 4.78 is 1.62. The Morgan fingerprint density at radius 1 is 1.12 bits per heavy atom. The van der Waals surface area contributed by atoms with Crippen molar-refractivity contribution < 1.29 is 0 Å². The van der Waals surface area contributed by atoms with Crippen LogP contribution in [0.1, 0.15) is 18.2 Å². The van der Waals surface area contributed by atoms with Gasteiger partial charge in [0, 0.05) is 23.7 Å². The van der Waals surface area contributed by atoms with Crippen molar-refractivity contribution in [3.8, 4) is 10.6 Å². The van der Waals surface area contributed by atoms with Gasteiger partial charge in [0.1, 0.15) is 9.84 Å². The van der Waals surface area contributed by atoms with E-state index in [1.165, 1.54) is 16.9 Å². The number of fused-ring (bicyclic) bond motifs is 1. The molecule has 3 heterocycles. The maximum absolute atomic E-state index is 12.4. The van der Waals surface area contributed by atoms with Gasteiger partial charge in [-0.3, -0.25) is 9.36 Å². The third-order valence-electron chi connectivity index (χ3n) is 4.17. The van der Waals surface area contributed by atoms with Crippen molar-refractivity contribution in [1.29, 1.82) is 0 Å². The van der Waals surface area contributed by atoms with Crippen LogP contribution in [0.5, 0.6) is 0 Å². The van der Waals surface area contributed by atoms with Gasteiger partial charge in [0.05, 0.1) is 11.1 Å². The molecule has 1 aromatic carbocycles. The molecule has 0 unspecified atom stereocenters.